The van der Waals surface area contributed by atoms with Crippen molar-refractivity contribution in [3.63, 3.8) is 0 Å². The van der Waals surface area contributed by atoms with Crippen molar-refractivity contribution in [3.05, 3.63) is 108 Å². The smallest absolute Gasteiger partial charge is 0.313 e. The molecule has 0 atom stereocenters. The molecule has 0 spiro atoms. The monoisotopic (exact) mass is 1330 g/mol. The van der Waals surface area contributed by atoms with Crippen LogP contribution in [0, 0.1) is 0 Å². The number of alkyl halides is 3. The molecule has 0 amide bonds. The lowest BCUT2D eigenvalue weighted by Crippen LogP contribution is -2.34. The summed E-state index contributed by atoms with van der Waals surface area (Å²) in [5.41, 5.74) is 2.41. The van der Waals surface area contributed by atoms with E-state index in [1.807, 2.05) is 54.6 Å². The van der Waals surface area contributed by atoms with Crippen molar-refractivity contribution in [2.75, 3.05) is 264 Å². The average molecular weight is 1330 g/mol. The van der Waals surface area contributed by atoms with E-state index in [9.17, 15) is 9.59 Å². The fourth-order valence-corrected chi connectivity index (χ4v) is 7.78. The average Bonchev–Trinajstić information content (AvgIpc) is 1.23. The number of carbonyl (C=O) groups is 2. The highest BCUT2D eigenvalue weighted by molar-refractivity contribution is 6.76. The van der Waals surface area contributed by atoms with Gasteiger partial charge in [0.25, 0.3) is 0 Å². The maximum atomic E-state index is 11.5. The lowest BCUT2D eigenvalue weighted by atomic mass is 9.80. The van der Waals surface area contributed by atoms with Gasteiger partial charge in [0, 0.05) is 0 Å². The van der Waals surface area contributed by atoms with Crippen LogP contribution in [0.15, 0.2) is 91.0 Å². The van der Waals surface area contributed by atoms with Crippen LogP contribution in [0.3, 0.4) is 0 Å². The van der Waals surface area contributed by atoms with Crippen LogP contribution in [0.2, 0.25) is 0 Å². The highest BCUT2D eigenvalue weighted by Crippen LogP contribution is 2.40. The number of hydrogen-bond acceptors (Lipinski definition) is 23. The zero-order valence-electron chi connectivity index (χ0n) is 51.7. The molecule has 3 rings (SSSR count). The van der Waals surface area contributed by atoms with Crippen LogP contribution in [0.25, 0.3) is 0 Å². The fourth-order valence-electron chi connectivity index (χ4n) is 7.58. The second-order valence-electron chi connectivity index (χ2n) is 18.6. The molecule has 3 aromatic carbocycles. The molecule has 0 aliphatic carbocycles. The predicted octanol–water partition coefficient (Wildman–Crippen LogP) is 6.18. The number of ether oxygens (including phenoxy) is 21. The van der Waals surface area contributed by atoms with Gasteiger partial charge in [-0.2, -0.15) is 0 Å². The number of benzene rings is 3. The van der Waals surface area contributed by atoms with E-state index in [0.717, 1.165) is 16.7 Å². The van der Waals surface area contributed by atoms with Crippen molar-refractivity contribution in [3.8, 4) is 0 Å². The topological polar surface area (TPSA) is 228 Å². The number of ketones is 1. The van der Waals surface area contributed by atoms with Crippen LogP contribution in [0.5, 0.6) is 0 Å². The van der Waals surface area contributed by atoms with E-state index >= 15 is 0 Å². The van der Waals surface area contributed by atoms with Crippen molar-refractivity contribution < 1.29 is 109 Å². The molecule has 3 aromatic rings. The van der Waals surface area contributed by atoms with Gasteiger partial charge >= 0.3 is 5.97 Å². The molecule has 0 bridgehead atoms. The Balaban J connectivity index is 0.898. The third-order valence-corrected chi connectivity index (χ3v) is 12.5. The first-order valence-electron chi connectivity index (χ1n) is 30.4. The zero-order valence-corrected chi connectivity index (χ0v) is 53.9. The molecule has 26 heteroatoms. The van der Waals surface area contributed by atoms with Gasteiger partial charge in [-0.15, -0.1) is 0 Å². The van der Waals surface area contributed by atoms with E-state index in [-0.39, 0.29) is 13.2 Å². The zero-order chi connectivity index (χ0) is 63.3. The molecular weight excluding hydrogens is 1230 g/mol. The quantitative estimate of drug-likeness (QED) is 0.0202. The second kappa shape index (κ2) is 58.7. The van der Waals surface area contributed by atoms with E-state index in [2.05, 4.69) is 36.4 Å². The first kappa shape index (κ1) is 80.1. The van der Waals surface area contributed by atoms with Crippen LogP contribution >= 0.6 is 34.8 Å². The van der Waals surface area contributed by atoms with E-state index in [1.165, 1.54) is 0 Å². The Morgan fingerprint density at radius 2 is 0.416 bits per heavy atom. The third kappa shape index (κ3) is 45.0. The number of hydrogen-bond donors (Lipinski definition) is 0. The van der Waals surface area contributed by atoms with Gasteiger partial charge < -0.3 is 99.5 Å². The number of carbonyl (C=O) groups excluding carboxylic acids is 2. The molecule has 0 N–H and O–H groups in total. The Hall–Kier alpha value is -3.13. The summed E-state index contributed by atoms with van der Waals surface area (Å²) in [6, 6.07) is 30.9. The van der Waals surface area contributed by atoms with Crippen molar-refractivity contribution in [1.82, 2.24) is 0 Å². The molecule has 508 valence electrons. The minimum Gasteiger partial charge on any atom is -0.463 e. The Morgan fingerprint density at radius 1 is 0.247 bits per heavy atom. The summed E-state index contributed by atoms with van der Waals surface area (Å²) in [7, 11) is 0. The number of Topliss-reactive ketones (excluding diaryl/α,β-unsaturated/α-hetero) is 1. The van der Waals surface area contributed by atoms with Crippen LogP contribution in [-0.2, 0) is 115 Å². The first-order chi connectivity index (χ1) is 43.8. The van der Waals surface area contributed by atoms with E-state index in [1.54, 1.807) is 0 Å². The van der Waals surface area contributed by atoms with Gasteiger partial charge in [-0.1, -0.05) is 126 Å². The number of halogens is 3. The van der Waals surface area contributed by atoms with Crippen molar-refractivity contribution in [2.45, 2.75) is 15.8 Å². The lowest BCUT2D eigenvalue weighted by molar-refractivity contribution is -0.147. The Kier molecular flexibility index (Phi) is 52.8. The summed E-state index contributed by atoms with van der Waals surface area (Å²) >= 11 is 16.2. The van der Waals surface area contributed by atoms with Crippen LogP contribution in [0.4, 0.5) is 0 Å². The van der Waals surface area contributed by atoms with Gasteiger partial charge in [-0.3, -0.25) is 9.59 Å². The predicted molar refractivity (Wildman–Crippen MR) is 332 cm³/mol. The molecule has 89 heavy (non-hydrogen) atoms. The van der Waals surface area contributed by atoms with E-state index < -0.39 is 27.6 Å². The van der Waals surface area contributed by atoms with Gasteiger partial charge in [0.2, 0.25) is 3.79 Å². The molecule has 0 saturated carbocycles. The molecule has 0 saturated heterocycles. The first-order valence-corrected chi connectivity index (χ1v) is 31.5. The van der Waals surface area contributed by atoms with Crippen molar-refractivity contribution >= 4 is 46.6 Å². The molecule has 0 unspecified atom stereocenters. The molecule has 0 heterocycles. The van der Waals surface area contributed by atoms with Gasteiger partial charge in [0.15, 0.2) is 5.78 Å². The summed E-state index contributed by atoms with van der Waals surface area (Å²) < 4.78 is 115. The highest BCUT2D eigenvalue weighted by atomic mass is 35.6. The van der Waals surface area contributed by atoms with Crippen molar-refractivity contribution in [1.29, 1.82) is 0 Å². The van der Waals surface area contributed by atoms with Gasteiger partial charge in [-0.05, 0) is 16.7 Å². The standard InChI is InChI=1S/C63H97Cl3O23/c64-63(65,66)60(67)56-61(68)88-54-52-86-50-48-84-46-44-82-42-40-80-38-36-78-34-32-76-30-28-74-26-24-72-22-20-70-18-16-69-17-19-71-21-23-73-25-27-75-29-31-77-33-35-79-37-39-81-41-43-83-45-47-85-49-51-87-53-55-89-62(57-10-4-1-5-11-57,58-12-6-2-7-13-58)59-14-8-3-9-15-59/h1-15H,16-56H2. The summed E-state index contributed by atoms with van der Waals surface area (Å²) in [4.78, 5) is 22.9. The summed E-state index contributed by atoms with van der Waals surface area (Å²) in [5.74, 6) is -1.65. The number of esters is 1. The fraction of sp³-hybridized carbons (Fsp3) is 0.683. The van der Waals surface area contributed by atoms with Gasteiger partial charge in [0.05, 0.1) is 258 Å². The van der Waals surface area contributed by atoms with E-state index in [0.29, 0.717) is 251 Å². The van der Waals surface area contributed by atoms with Gasteiger partial charge in [-0.25, -0.2) is 0 Å². The maximum Gasteiger partial charge on any atom is 0.313 e. The Morgan fingerprint density at radius 3 is 0.596 bits per heavy atom. The number of rotatable bonds is 66. The summed E-state index contributed by atoms with van der Waals surface area (Å²) in [6.45, 7) is 17.3. The SMILES string of the molecule is O=C(CC(=O)C(Cl)(Cl)Cl)OCCOCCOCCOCCOCCOCCOCCOCCOCCOCCOCCOCCOCCOCCOCCOCCOCCOCCOCCOCCOC(c1ccccc1)(c1ccccc1)c1ccccc1. The molecule has 0 fully saturated rings. The minimum absolute atomic E-state index is 0.0312. The van der Waals surface area contributed by atoms with Crippen molar-refractivity contribution in [2.24, 2.45) is 0 Å². The molecule has 23 nitrogen and oxygen atoms in total. The largest absolute Gasteiger partial charge is 0.463 e. The van der Waals surface area contributed by atoms with Crippen LogP contribution < -0.4 is 0 Å². The molecular formula is C63H97Cl3O23. The molecule has 0 aromatic heterocycles. The summed E-state index contributed by atoms with van der Waals surface area (Å²) in [6.07, 6.45) is -0.624. The third-order valence-electron chi connectivity index (χ3n) is 11.9. The van der Waals surface area contributed by atoms with Crippen LogP contribution in [-0.4, -0.2) is 280 Å². The van der Waals surface area contributed by atoms with E-state index in [4.69, 9.17) is 134 Å². The molecule has 0 aliphatic heterocycles. The van der Waals surface area contributed by atoms with Gasteiger partial charge in [0.1, 0.15) is 18.6 Å². The normalized spacial score (nSPS) is 11.9. The Bertz CT molecular complexity index is 1920. The van der Waals surface area contributed by atoms with Crippen LogP contribution in [0.1, 0.15) is 23.1 Å². The summed E-state index contributed by atoms with van der Waals surface area (Å²) in [5, 5.41) is 0. The maximum absolute atomic E-state index is 11.5. The Labute approximate surface area is 541 Å². The molecule has 0 aliphatic rings. The highest BCUT2D eigenvalue weighted by Gasteiger charge is 2.37. The second-order valence-corrected chi connectivity index (χ2v) is 20.9. The minimum atomic E-state index is -2.15. The molecule has 0 radical (unpaired) electrons. The lowest BCUT2D eigenvalue weighted by Gasteiger charge is -2.36.